The Balaban J connectivity index is 1.97. The minimum atomic E-state index is -3.59. The lowest BCUT2D eigenvalue weighted by Crippen LogP contribution is -2.44. The fourth-order valence-electron chi connectivity index (χ4n) is 2.43. The monoisotopic (exact) mass is 298 g/mol. The molecule has 1 unspecified atom stereocenters. The molecule has 7 heteroatoms. The van der Waals surface area contributed by atoms with Gasteiger partial charge < -0.3 is 5.73 Å². The van der Waals surface area contributed by atoms with Gasteiger partial charge in [0.15, 0.2) is 0 Å². The molecular formula is C13H22N4O2S. The highest BCUT2D eigenvalue weighted by molar-refractivity contribution is 7.89. The van der Waals surface area contributed by atoms with E-state index >= 15 is 0 Å². The van der Waals surface area contributed by atoms with Crippen LogP contribution in [0.2, 0.25) is 0 Å². The van der Waals surface area contributed by atoms with Gasteiger partial charge in [0, 0.05) is 18.8 Å². The second-order valence-corrected chi connectivity index (χ2v) is 6.92. The van der Waals surface area contributed by atoms with Crippen LogP contribution in [0.15, 0.2) is 23.2 Å². The molecule has 1 saturated heterocycles. The third-order valence-corrected chi connectivity index (χ3v) is 5.14. The standard InChI is InChI=1S/C13H22N4O2S/c1-11(17-8-3-2-4-9-17)10-16-20(18,19)12-6-5-7-15-13(12)14/h5-7,11,16H,2-4,8-10H2,1H3,(H2,14,15). The van der Waals surface area contributed by atoms with Crippen molar-refractivity contribution in [2.24, 2.45) is 0 Å². The Morgan fingerprint density at radius 1 is 1.40 bits per heavy atom. The molecule has 2 heterocycles. The third-order valence-electron chi connectivity index (χ3n) is 3.67. The van der Waals surface area contributed by atoms with Crippen molar-refractivity contribution in [1.29, 1.82) is 0 Å². The lowest BCUT2D eigenvalue weighted by Gasteiger charge is -2.32. The molecule has 0 aliphatic carbocycles. The average molecular weight is 298 g/mol. The zero-order valence-electron chi connectivity index (χ0n) is 11.7. The van der Waals surface area contributed by atoms with E-state index in [1.54, 1.807) is 6.07 Å². The van der Waals surface area contributed by atoms with E-state index in [1.165, 1.54) is 31.5 Å². The maximum Gasteiger partial charge on any atom is 0.244 e. The molecule has 0 bridgehead atoms. The summed E-state index contributed by atoms with van der Waals surface area (Å²) in [5, 5.41) is 0. The molecule has 1 aliphatic heterocycles. The Kier molecular flexibility index (Phi) is 4.95. The summed E-state index contributed by atoms with van der Waals surface area (Å²) in [7, 11) is -3.59. The van der Waals surface area contributed by atoms with Gasteiger partial charge in [-0.3, -0.25) is 4.90 Å². The highest BCUT2D eigenvalue weighted by Crippen LogP contribution is 2.15. The van der Waals surface area contributed by atoms with Gasteiger partial charge in [0.1, 0.15) is 10.7 Å². The second kappa shape index (κ2) is 6.51. The fourth-order valence-corrected chi connectivity index (χ4v) is 3.63. The minimum Gasteiger partial charge on any atom is -0.383 e. The molecule has 1 fully saturated rings. The van der Waals surface area contributed by atoms with Crippen molar-refractivity contribution in [3.63, 3.8) is 0 Å². The number of aromatic nitrogens is 1. The number of rotatable bonds is 5. The molecule has 0 spiro atoms. The Hall–Kier alpha value is -1.18. The van der Waals surface area contributed by atoms with Crippen molar-refractivity contribution < 1.29 is 8.42 Å². The topological polar surface area (TPSA) is 88.3 Å². The molecule has 112 valence electrons. The van der Waals surface area contributed by atoms with Gasteiger partial charge in [0.2, 0.25) is 10.0 Å². The van der Waals surface area contributed by atoms with E-state index in [2.05, 4.69) is 14.6 Å². The lowest BCUT2D eigenvalue weighted by molar-refractivity contribution is 0.175. The Morgan fingerprint density at radius 2 is 2.10 bits per heavy atom. The first-order valence-electron chi connectivity index (χ1n) is 6.95. The molecule has 0 aromatic carbocycles. The Morgan fingerprint density at radius 3 is 2.75 bits per heavy atom. The zero-order valence-corrected chi connectivity index (χ0v) is 12.6. The summed E-state index contributed by atoms with van der Waals surface area (Å²) in [5.41, 5.74) is 5.62. The number of hydrogen-bond acceptors (Lipinski definition) is 5. The maximum absolute atomic E-state index is 12.2. The molecule has 1 atom stereocenters. The Bertz CT molecular complexity index is 541. The fraction of sp³-hybridized carbons (Fsp3) is 0.615. The van der Waals surface area contributed by atoms with Gasteiger partial charge in [-0.05, 0) is 45.0 Å². The first-order valence-corrected chi connectivity index (χ1v) is 8.43. The first-order chi connectivity index (χ1) is 9.50. The molecule has 3 N–H and O–H groups in total. The van der Waals surface area contributed by atoms with Crippen LogP contribution in [0, 0.1) is 0 Å². The van der Waals surface area contributed by atoms with E-state index in [0.717, 1.165) is 13.1 Å². The summed E-state index contributed by atoms with van der Waals surface area (Å²) in [6, 6.07) is 3.22. The largest absolute Gasteiger partial charge is 0.383 e. The van der Waals surface area contributed by atoms with Gasteiger partial charge in [0.05, 0.1) is 0 Å². The summed E-state index contributed by atoms with van der Waals surface area (Å²) < 4.78 is 27.0. The van der Waals surface area contributed by atoms with E-state index in [-0.39, 0.29) is 16.8 Å². The number of nitrogen functional groups attached to an aromatic ring is 1. The van der Waals surface area contributed by atoms with E-state index in [4.69, 9.17) is 5.73 Å². The van der Waals surface area contributed by atoms with Gasteiger partial charge >= 0.3 is 0 Å². The normalized spacial score (nSPS) is 18.9. The van der Waals surface area contributed by atoms with Crippen LogP contribution in [0.5, 0.6) is 0 Å². The van der Waals surface area contributed by atoms with Crippen molar-refractivity contribution in [2.75, 3.05) is 25.4 Å². The molecule has 0 amide bonds. The van der Waals surface area contributed by atoms with E-state index in [9.17, 15) is 8.42 Å². The summed E-state index contributed by atoms with van der Waals surface area (Å²) in [4.78, 5) is 6.18. The number of hydrogen-bond donors (Lipinski definition) is 2. The van der Waals surface area contributed by atoms with Crippen molar-refractivity contribution in [3.05, 3.63) is 18.3 Å². The highest BCUT2D eigenvalue weighted by Gasteiger charge is 2.21. The van der Waals surface area contributed by atoms with Gasteiger partial charge in [-0.2, -0.15) is 0 Å². The molecule has 20 heavy (non-hydrogen) atoms. The van der Waals surface area contributed by atoms with Crippen LogP contribution in [0.3, 0.4) is 0 Å². The van der Waals surface area contributed by atoms with Crippen LogP contribution >= 0.6 is 0 Å². The quantitative estimate of drug-likeness (QED) is 0.840. The number of anilines is 1. The molecule has 6 nitrogen and oxygen atoms in total. The predicted molar refractivity (Wildman–Crippen MR) is 78.7 cm³/mol. The van der Waals surface area contributed by atoms with Crippen molar-refractivity contribution in [2.45, 2.75) is 37.1 Å². The number of nitrogens with two attached hydrogens (primary N) is 1. The SMILES string of the molecule is CC(CNS(=O)(=O)c1cccnc1N)N1CCCCC1. The van der Waals surface area contributed by atoms with Gasteiger partial charge in [-0.1, -0.05) is 6.42 Å². The number of nitrogens with zero attached hydrogens (tertiary/aromatic N) is 2. The molecule has 1 aliphatic rings. The summed E-state index contributed by atoms with van der Waals surface area (Å²) in [6.07, 6.45) is 5.12. The molecule has 2 rings (SSSR count). The summed E-state index contributed by atoms with van der Waals surface area (Å²) in [6.45, 7) is 4.51. The smallest absolute Gasteiger partial charge is 0.244 e. The van der Waals surface area contributed by atoms with Crippen molar-refractivity contribution >= 4 is 15.8 Å². The molecular weight excluding hydrogens is 276 g/mol. The van der Waals surface area contributed by atoms with Crippen LogP contribution in [0.25, 0.3) is 0 Å². The highest BCUT2D eigenvalue weighted by atomic mass is 32.2. The number of nitrogens with one attached hydrogen (secondary N) is 1. The van der Waals surface area contributed by atoms with Crippen LogP contribution in [-0.2, 0) is 10.0 Å². The Labute approximate surface area is 120 Å². The average Bonchev–Trinajstić information content (AvgIpc) is 2.46. The molecule has 1 aromatic rings. The van der Waals surface area contributed by atoms with Crippen LogP contribution in [-0.4, -0.2) is 44.0 Å². The van der Waals surface area contributed by atoms with Gasteiger partial charge in [-0.25, -0.2) is 18.1 Å². The van der Waals surface area contributed by atoms with Crippen LogP contribution in [0.4, 0.5) is 5.82 Å². The number of sulfonamides is 1. The lowest BCUT2D eigenvalue weighted by atomic mass is 10.1. The van der Waals surface area contributed by atoms with Gasteiger partial charge in [-0.15, -0.1) is 0 Å². The van der Waals surface area contributed by atoms with Gasteiger partial charge in [0.25, 0.3) is 0 Å². The van der Waals surface area contributed by atoms with E-state index in [0.29, 0.717) is 6.54 Å². The molecule has 0 radical (unpaired) electrons. The predicted octanol–water partition coefficient (Wildman–Crippen LogP) is 0.817. The zero-order chi connectivity index (χ0) is 14.6. The summed E-state index contributed by atoms with van der Waals surface area (Å²) in [5.74, 6) is 0.0330. The summed E-state index contributed by atoms with van der Waals surface area (Å²) >= 11 is 0. The second-order valence-electron chi connectivity index (χ2n) is 5.18. The number of likely N-dealkylation sites (tertiary alicyclic amines) is 1. The first kappa shape index (κ1) is 15.2. The van der Waals surface area contributed by atoms with Crippen molar-refractivity contribution in [3.8, 4) is 0 Å². The molecule has 1 aromatic heterocycles. The molecule has 0 saturated carbocycles. The third kappa shape index (κ3) is 3.68. The van der Waals surface area contributed by atoms with E-state index in [1.807, 2.05) is 6.92 Å². The minimum absolute atomic E-state index is 0.0330. The van der Waals surface area contributed by atoms with E-state index < -0.39 is 10.0 Å². The van der Waals surface area contributed by atoms with Crippen molar-refractivity contribution in [1.82, 2.24) is 14.6 Å². The number of piperidine rings is 1. The van der Waals surface area contributed by atoms with Crippen LogP contribution in [0.1, 0.15) is 26.2 Å². The number of pyridine rings is 1. The maximum atomic E-state index is 12.2. The van der Waals surface area contributed by atoms with Crippen LogP contribution < -0.4 is 10.5 Å².